The molecule has 0 aliphatic heterocycles. The van der Waals surface area contributed by atoms with E-state index in [9.17, 15) is 0 Å². The first-order valence-electron chi connectivity index (χ1n) is 1.51. The van der Waals surface area contributed by atoms with Crippen molar-refractivity contribution in [2.45, 2.75) is 13.0 Å². The molecule has 0 aromatic rings. The van der Waals surface area contributed by atoms with E-state index in [0.29, 0.717) is 5.88 Å². The molecule has 3 heteroatoms. The predicted molar refractivity (Wildman–Crippen MR) is 27.4 cm³/mol. The SMILES string of the molecule is CC(O)CCl.N. The standard InChI is InChI=1S/C3H7ClO.H3N/c1-3(5)2-4;/h3,5H,2H2,1H3;1H3. The van der Waals surface area contributed by atoms with Crippen molar-refractivity contribution in [3.63, 3.8) is 0 Å². The highest BCUT2D eigenvalue weighted by molar-refractivity contribution is 6.18. The average Bonchev–Trinajstić information content (AvgIpc) is 1.38. The van der Waals surface area contributed by atoms with Gasteiger partial charge in [0.2, 0.25) is 0 Å². The third-order valence-corrected chi connectivity index (χ3v) is 0.670. The number of hydrogen-bond donors (Lipinski definition) is 2. The number of alkyl halides is 1. The van der Waals surface area contributed by atoms with Gasteiger partial charge in [-0.1, -0.05) is 0 Å². The van der Waals surface area contributed by atoms with Crippen molar-refractivity contribution in [3.8, 4) is 0 Å². The Morgan fingerprint density at radius 3 is 2.00 bits per heavy atom. The third kappa shape index (κ3) is 8.88. The number of rotatable bonds is 1. The molecule has 40 valence electrons. The lowest BCUT2D eigenvalue weighted by Gasteiger charge is -1.88. The zero-order chi connectivity index (χ0) is 4.28. The molecule has 0 amide bonds. The van der Waals surface area contributed by atoms with E-state index in [2.05, 4.69) is 0 Å². The van der Waals surface area contributed by atoms with Crippen molar-refractivity contribution in [1.82, 2.24) is 6.15 Å². The Morgan fingerprint density at radius 1 is 1.83 bits per heavy atom. The van der Waals surface area contributed by atoms with Gasteiger partial charge in [-0.3, -0.25) is 0 Å². The summed E-state index contributed by atoms with van der Waals surface area (Å²) in [6, 6.07) is 0. The van der Waals surface area contributed by atoms with Crippen LogP contribution >= 0.6 is 11.6 Å². The molecule has 1 unspecified atom stereocenters. The molecular weight excluding hydrogens is 101 g/mol. The van der Waals surface area contributed by atoms with Gasteiger partial charge in [-0.25, -0.2) is 0 Å². The molecular formula is C3H10ClNO. The normalized spacial score (nSPS) is 12.5. The van der Waals surface area contributed by atoms with E-state index in [1.807, 2.05) is 0 Å². The van der Waals surface area contributed by atoms with Crippen LogP contribution in [0.4, 0.5) is 0 Å². The Labute approximate surface area is 42.7 Å². The van der Waals surface area contributed by atoms with Crippen LogP contribution in [0, 0.1) is 0 Å². The third-order valence-electron chi connectivity index (χ3n) is 0.223. The minimum atomic E-state index is -0.350. The van der Waals surface area contributed by atoms with Gasteiger partial charge >= 0.3 is 0 Å². The molecule has 2 nitrogen and oxygen atoms in total. The fourth-order valence-electron chi connectivity index (χ4n) is 0. The number of hydrogen-bond acceptors (Lipinski definition) is 2. The lowest BCUT2D eigenvalue weighted by Crippen LogP contribution is -1.98. The van der Waals surface area contributed by atoms with E-state index < -0.39 is 0 Å². The summed E-state index contributed by atoms with van der Waals surface area (Å²) in [6.07, 6.45) is -0.350. The molecule has 0 aromatic carbocycles. The summed E-state index contributed by atoms with van der Waals surface area (Å²) in [5.74, 6) is 0.333. The molecule has 0 aliphatic rings. The number of aliphatic hydroxyl groups is 1. The Kier molecular flexibility index (Phi) is 8.26. The molecule has 6 heavy (non-hydrogen) atoms. The summed E-state index contributed by atoms with van der Waals surface area (Å²) in [6.45, 7) is 1.65. The van der Waals surface area contributed by atoms with Crippen LogP contribution in [0.15, 0.2) is 0 Å². The van der Waals surface area contributed by atoms with E-state index in [1.54, 1.807) is 6.92 Å². The van der Waals surface area contributed by atoms with Gasteiger partial charge in [0.05, 0.1) is 6.10 Å². The maximum Gasteiger partial charge on any atom is 0.0647 e. The summed E-state index contributed by atoms with van der Waals surface area (Å²) >= 11 is 5.09. The van der Waals surface area contributed by atoms with Gasteiger partial charge in [0.25, 0.3) is 0 Å². The van der Waals surface area contributed by atoms with Gasteiger partial charge in [0, 0.05) is 5.88 Å². The largest absolute Gasteiger partial charge is 0.392 e. The zero-order valence-electron chi connectivity index (χ0n) is 3.82. The summed E-state index contributed by atoms with van der Waals surface area (Å²) < 4.78 is 0. The van der Waals surface area contributed by atoms with Gasteiger partial charge in [-0.15, -0.1) is 11.6 Å². The quantitative estimate of drug-likeness (QED) is 0.491. The first-order valence-corrected chi connectivity index (χ1v) is 2.05. The fourth-order valence-corrected chi connectivity index (χ4v) is 0. The molecule has 0 bridgehead atoms. The van der Waals surface area contributed by atoms with Crippen LogP contribution in [0.2, 0.25) is 0 Å². The van der Waals surface area contributed by atoms with E-state index in [-0.39, 0.29) is 12.3 Å². The van der Waals surface area contributed by atoms with Gasteiger partial charge in [0.15, 0.2) is 0 Å². The van der Waals surface area contributed by atoms with Crippen LogP contribution in [0.1, 0.15) is 6.92 Å². The second-order valence-corrected chi connectivity index (χ2v) is 1.31. The maximum absolute atomic E-state index is 8.23. The Bertz CT molecular complexity index is 24.8. The Hall–Kier alpha value is 0.210. The monoisotopic (exact) mass is 111 g/mol. The minimum Gasteiger partial charge on any atom is -0.392 e. The topological polar surface area (TPSA) is 55.2 Å². The highest BCUT2D eigenvalue weighted by atomic mass is 35.5. The van der Waals surface area contributed by atoms with E-state index >= 15 is 0 Å². The van der Waals surface area contributed by atoms with Crippen LogP contribution in [-0.2, 0) is 0 Å². The number of aliphatic hydroxyl groups excluding tert-OH is 1. The Morgan fingerprint density at radius 2 is 2.00 bits per heavy atom. The molecule has 0 heterocycles. The van der Waals surface area contributed by atoms with Crippen molar-refractivity contribution in [3.05, 3.63) is 0 Å². The van der Waals surface area contributed by atoms with Crippen LogP contribution in [0.25, 0.3) is 0 Å². The van der Waals surface area contributed by atoms with Gasteiger partial charge in [-0.2, -0.15) is 0 Å². The molecule has 1 atom stereocenters. The summed E-state index contributed by atoms with van der Waals surface area (Å²) in [7, 11) is 0. The van der Waals surface area contributed by atoms with Crippen molar-refractivity contribution in [1.29, 1.82) is 0 Å². The van der Waals surface area contributed by atoms with E-state index in [1.165, 1.54) is 0 Å². The lowest BCUT2D eigenvalue weighted by molar-refractivity contribution is 0.219. The van der Waals surface area contributed by atoms with Crippen molar-refractivity contribution < 1.29 is 5.11 Å². The predicted octanol–water partition coefficient (Wildman–Crippen LogP) is 0.768. The van der Waals surface area contributed by atoms with E-state index in [0.717, 1.165) is 0 Å². The molecule has 0 aromatic heterocycles. The van der Waals surface area contributed by atoms with Crippen molar-refractivity contribution >= 4 is 11.6 Å². The van der Waals surface area contributed by atoms with Gasteiger partial charge in [-0.05, 0) is 6.92 Å². The molecule has 0 saturated carbocycles. The molecule has 0 rings (SSSR count). The van der Waals surface area contributed by atoms with Crippen LogP contribution in [0.3, 0.4) is 0 Å². The molecule has 0 aliphatic carbocycles. The molecule has 4 N–H and O–H groups in total. The first-order chi connectivity index (χ1) is 2.27. The molecule has 0 radical (unpaired) electrons. The smallest absolute Gasteiger partial charge is 0.0647 e. The fraction of sp³-hybridized carbons (Fsp3) is 1.00. The first kappa shape index (κ1) is 9.51. The highest BCUT2D eigenvalue weighted by Gasteiger charge is 1.83. The van der Waals surface area contributed by atoms with Crippen LogP contribution in [-0.4, -0.2) is 17.1 Å². The molecule has 0 fully saturated rings. The van der Waals surface area contributed by atoms with Crippen LogP contribution < -0.4 is 6.15 Å². The van der Waals surface area contributed by atoms with Crippen LogP contribution in [0.5, 0.6) is 0 Å². The van der Waals surface area contributed by atoms with Crippen molar-refractivity contribution in [2.24, 2.45) is 0 Å². The summed E-state index contributed by atoms with van der Waals surface area (Å²) in [4.78, 5) is 0. The highest BCUT2D eigenvalue weighted by Crippen LogP contribution is 1.80. The number of halogens is 1. The van der Waals surface area contributed by atoms with Gasteiger partial charge < -0.3 is 11.3 Å². The average molecular weight is 112 g/mol. The maximum atomic E-state index is 8.23. The summed E-state index contributed by atoms with van der Waals surface area (Å²) in [5.41, 5.74) is 0. The minimum absolute atomic E-state index is 0. The van der Waals surface area contributed by atoms with Crippen molar-refractivity contribution in [2.75, 3.05) is 5.88 Å². The lowest BCUT2D eigenvalue weighted by atomic mass is 10.5. The molecule has 0 spiro atoms. The summed E-state index contributed by atoms with van der Waals surface area (Å²) in [5, 5.41) is 8.23. The second kappa shape index (κ2) is 5.21. The van der Waals surface area contributed by atoms with Gasteiger partial charge in [0.1, 0.15) is 0 Å². The Balaban J connectivity index is 0. The second-order valence-electron chi connectivity index (χ2n) is 1.00. The van der Waals surface area contributed by atoms with E-state index in [4.69, 9.17) is 16.7 Å². The molecule has 0 saturated heterocycles. The zero-order valence-corrected chi connectivity index (χ0v) is 4.57.